The van der Waals surface area contributed by atoms with Crippen LogP contribution in [0.3, 0.4) is 0 Å². The third-order valence-corrected chi connectivity index (χ3v) is 3.69. The van der Waals surface area contributed by atoms with Crippen molar-refractivity contribution in [2.45, 2.75) is 32.0 Å². The molecule has 0 atom stereocenters. The molecule has 4 heteroatoms. The van der Waals surface area contributed by atoms with Gasteiger partial charge in [-0.2, -0.15) is 0 Å². The number of nitrogens with zero attached hydrogens (tertiary/aromatic N) is 1. The molecule has 1 saturated carbocycles. The van der Waals surface area contributed by atoms with Gasteiger partial charge in [-0.3, -0.25) is 0 Å². The number of ether oxygens (including phenoxy) is 1. The number of nitrogens with one attached hydrogen (secondary N) is 1. The van der Waals surface area contributed by atoms with E-state index in [-0.39, 0.29) is 0 Å². The topological polar surface area (TPSA) is 37.6 Å². The van der Waals surface area contributed by atoms with Crippen LogP contribution in [0.4, 0.5) is 5.69 Å². The van der Waals surface area contributed by atoms with Gasteiger partial charge in [0.25, 0.3) is 0 Å². The minimum atomic E-state index is 0.537. The lowest BCUT2D eigenvalue weighted by atomic mass is 10.2. The zero-order valence-electron chi connectivity index (χ0n) is 12.6. The van der Waals surface area contributed by atoms with Gasteiger partial charge in [-0.1, -0.05) is 6.07 Å². The SMILES string of the molecule is CN(C)c1cccc(OCc2ccoc2CNC2CC2)c1. The molecule has 3 rings (SSSR count). The average Bonchev–Trinajstić information content (AvgIpc) is 3.21. The normalized spacial score (nSPS) is 14.2. The van der Waals surface area contributed by atoms with Gasteiger partial charge in [0, 0.05) is 37.5 Å². The minimum absolute atomic E-state index is 0.537. The van der Waals surface area contributed by atoms with Crippen molar-refractivity contribution in [1.29, 1.82) is 0 Å². The number of furan rings is 1. The van der Waals surface area contributed by atoms with Crippen LogP contribution in [0.5, 0.6) is 5.75 Å². The minimum Gasteiger partial charge on any atom is -0.489 e. The molecule has 0 unspecified atom stereocenters. The Balaban J connectivity index is 1.59. The first-order valence-electron chi connectivity index (χ1n) is 7.41. The van der Waals surface area contributed by atoms with Crippen LogP contribution in [0.25, 0.3) is 0 Å². The van der Waals surface area contributed by atoms with Crippen molar-refractivity contribution in [3.63, 3.8) is 0 Å². The summed E-state index contributed by atoms with van der Waals surface area (Å²) in [4.78, 5) is 2.07. The third-order valence-electron chi connectivity index (χ3n) is 3.69. The monoisotopic (exact) mass is 286 g/mol. The highest BCUT2D eigenvalue weighted by Crippen LogP contribution is 2.23. The highest BCUT2D eigenvalue weighted by molar-refractivity contribution is 5.49. The predicted octanol–water partition coefficient (Wildman–Crippen LogP) is 3.18. The fourth-order valence-electron chi connectivity index (χ4n) is 2.19. The Bertz CT molecular complexity index is 588. The highest BCUT2D eigenvalue weighted by Gasteiger charge is 2.21. The van der Waals surface area contributed by atoms with E-state index < -0.39 is 0 Å². The molecule has 4 nitrogen and oxygen atoms in total. The molecule has 1 N–H and O–H groups in total. The summed E-state index contributed by atoms with van der Waals surface area (Å²) in [5.74, 6) is 1.86. The van der Waals surface area contributed by atoms with Crippen molar-refractivity contribution in [2.24, 2.45) is 0 Å². The molecule has 0 spiro atoms. The molecule has 1 aliphatic rings. The maximum absolute atomic E-state index is 5.89. The van der Waals surface area contributed by atoms with Gasteiger partial charge in [0.1, 0.15) is 18.1 Å². The summed E-state index contributed by atoms with van der Waals surface area (Å²) in [5, 5.41) is 3.47. The van der Waals surface area contributed by atoms with E-state index in [9.17, 15) is 0 Å². The lowest BCUT2D eigenvalue weighted by molar-refractivity contribution is 0.301. The lowest BCUT2D eigenvalue weighted by Gasteiger charge is -2.14. The summed E-state index contributed by atoms with van der Waals surface area (Å²) in [6.07, 6.45) is 4.30. The van der Waals surface area contributed by atoms with Crippen LogP contribution in [0.15, 0.2) is 41.0 Å². The second-order valence-corrected chi connectivity index (χ2v) is 5.70. The third kappa shape index (κ3) is 3.79. The molecular formula is C17H22N2O2. The van der Waals surface area contributed by atoms with Crippen LogP contribution in [-0.4, -0.2) is 20.1 Å². The first kappa shape index (κ1) is 14.0. The Morgan fingerprint density at radius 1 is 1.29 bits per heavy atom. The van der Waals surface area contributed by atoms with E-state index in [0.717, 1.165) is 29.3 Å². The number of hydrogen-bond donors (Lipinski definition) is 1. The first-order valence-corrected chi connectivity index (χ1v) is 7.41. The van der Waals surface area contributed by atoms with Crippen molar-refractivity contribution >= 4 is 5.69 Å². The summed E-state index contributed by atoms with van der Waals surface area (Å²) < 4.78 is 11.4. The Kier molecular flexibility index (Phi) is 4.15. The zero-order chi connectivity index (χ0) is 14.7. The highest BCUT2D eigenvalue weighted by atomic mass is 16.5. The van der Waals surface area contributed by atoms with Crippen LogP contribution < -0.4 is 15.0 Å². The maximum Gasteiger partial charge on any atom is 0.124 e. The quantitative estimate of drug-likeness (QED) is 0.848. The van der Waals surface area contributed by atoms with Crippen molar-refractivity contribution in [3.8, 4) is 5.75 Å². The van der Waals surface area contributed by atoms with Gasteiger partial charge in [-0.25, -0.2) is 0 Å². The van der Waals surface area contributed by atoms with Gasteiger partial charge in [0.05, 0.1) is 12.8 Å². The zero-order valence-corrected chi connectivity index (χ0v) is 12.6. The molecule has 1 aromatic heterocycles. The molecule has 0 saturated heterocycles. The first-order chi connectivity index (χ1) is 10.2. The van der Waals surface area contributed by atoms with E-state index in [2.05, 4.69) is 16.3 Å². The summed E-state index contributed by atoms with van der Waals surface area (Å²) in [6, 6.07) is 10.8. The maximum atomic E-state index is 5.89. The van der Waals surface area contributed by atoms with Gasteiger partial charge in [-0.05, 0) is 31.0 Å². The number of rotatable bonds is 7. The number of anilines is 1. The molecule has 1 aliphatic carbocycles. The summed E-state index contributed by atoms with van der Waals surface area (Å²) in [5.41, 5.74) is 2.24. The Morgan fingerprint density at radius 2 is 2.14 bits per heavy atom. The van der Waals surface area contributed by atoms with Crippen LogP contribution in [0, 0.1) is 0 Å². The molecule has 0 amide bonds. The Morgan fingerprint density at radius 3 is 2.90 bits per heavy atom. The smallest absolute Gasteiger partial charge is 0.124 e. The molecule has 1 aromatic carbocycles. The van der Waals surface area contributed by atoms with E-state index in [4.69, 9.17) is 9.15 Å². The number of hydrogen-bond acceptors (Lipinski definition) is 4. The molecule has 2 aromatic rings. The van der Waals surface area contributed by atoms with Crippen molar-refractivity contribution < 1.29 is 9.15 Å². The molecule has 0 radical (unpaired) electrons. The summed E-state index contributed by atoms with van der Waals surface area (Å²) in [7, 11) is 4.05. The summed E-state index contributed by atoms with van der Waals surface area (Å²) >= 11 is 0. The van der Waals surface area contributed by atoms with E-state index in [1.54, 1.807) is 6.26 Å². The molecule has 21 heavy (non-hydrogen) atoms. The van der Waals surface area contributed by atoms with Crippen LogP contribution in [0.2, 0.25) is 0 Å². The molecule has 0 bridgehead atoms. The molecular weight excluding hydrogens is 264 g/mol. The van der Waals surface area contributed by atoms with Crippen molar-refractivity contribution in [2.75, 3.05) is 19.0 Å². The fraction of sp³-hybridized carbons (Fsp3) is 0.412. The van der Waals surface area contributed by atoms with Crippen LogP contribution >= 0.6 is 0 Å². The Labute approximate surface area is 125 Å². The molecule has 0 aliphatic heterocycles. The lowest BCUT2D eigenvalue weighted by Crippen LogP contribution is -2.16. The number of benzene rings is 1. The predicted molar refractivity (Wildman–Crippen MR) is 83.7 cm³/mol. The van der Waals surface area contributed by atoms with E-state index in [0.29, 0.717) is 12.6 Å². The van der Waals surface area contributed by atoms with E-state index in [1.807, 2.05) is 38.4 Å². The largest absolute Gasteiger partial charge is 0.489 e. The standard InChI is InChI=1S/C17H22N2O2/c1-19(2)15-4-3-5-16(10-15)21-12-13-8-9-20-17(13)11-18-14-6-7-14/h3-5,8-10,14,18H,6-7,11-12H2,1-2H3. The second-order valence-electron chi connectivity index (χ2n) is 5.70. The Hall–Kier alpha value is -1.94. The average molecular weight is 286 g/mol. The van der Waals surface area contributed by atoms with Gasteiger partial charge in [-0.15, -0.1) is 0 Å². The van der Waals surface area contributed by atoms with E-state index in [1.165, 1.54) is 12.8 Å². The molecule has 112 valence electrons. The van der Waals surface area contributed by atoms with Crippen LogP contribution in [-0.2, 0) is 13.2 Å². The molecule has 1 fully saturated rings. The van der Waals surface area contributed by atoms with Gasteiger partial charge >= 0.3 is 0 Å². The second kappa shape index (κ2) is 6.22. The molecule has 1 heterocycles. The summed E-state index contributed by atoms with van der Waals surface area (Å²) in [6.45, 7) is 1.32. The van der Waals surface area contributed by atoms with Gasteiger partial charge in [0.15, 0.2) is 0 Å². The van der Waals surface area contributed by atoms with E-state index >= 15 is 0 Å². The van der Waals surface area contributed by atoms with Crippen molar-refractivity contribution in [1.82, 2.24) is 5.32 Å². The van der Waals surface area contributed by atoms with Crippen LogP contribution in [0.1, 0.15) is 24.2 Å². The van der Waals surface area contributed by atoms with Crippen molar-refractivity contribution in [3.05, 3.63) is 47.9 Å². The van der Waals surface area contributed by atoms with Gasteiger partial charge in [0.2, 0.25) is 0 Å². The fourth-order valence-corrected chi connectivity index (χ4v) is 2.19. The van der Waals surface area contributed by atoms with Gasteiger partial charge < -0.3 is 19.4 Å².